The lowest BCUT2D eigenvalue weighted by Gasteiger charge is -2.32. The van der Waals surface area contributed by atoms with Gasteiger partial charge in [-0.25, -0.2) is 0 Å². The lowest BCUT2D eigenvalue weighted by atomic mass is 9.93. The molecule has 0 spiro atoms. The fraction of sp³-hybridized carbons (Fsp3) is 0.435. The molecule has 4 heteroatoms. The number of rotatable bonds is 9. The molecule has 146 valence electrons. The standard InChI is InChI=1S/C23H30ClNO2/c1-18(2)14-25(22(26)23(3,4)17-24)15-20-11-8-12-21(13-20)27-16-19-9-6-5-7-10-19/h5-13,18H,14-17H2,1-4H3. The molecular weight excluding hydrogens is 358 g/mol. The van der Waals surface area contributed by atoms with Crippen LogP contribution in [0, 0.1) is 11.3 Å². The Morgan fingerprint density at radius 3 is 2.37 bits per heavy atom. The number of carbonyl (C=O) groups excluding carboxylic acids is 1. The average Bonchev–Trinajstić information content (AvgIpc) is 2.66. The molecule has 3 nitrogen and oxygen atoms in total. The van der Waals surface area contributed by atoms with Gasteiger partial charge in [0.15, 0.2) is 0 Å². The zero-order valence-corrected chi connectivity index (χ0v) is 17.5. The van der Waals surface area contributed by atoms with E-state index in [9.17, 15) is 4.79 Å². The molecule has 0 saturated carbocycles. The number of benzene rings is 2. The Bertz CT molecular complexity index is 728. The zero-order valence-electron chi connectivity index (χ0n) is 16.7. The van der Waals surface area contributed by atoms with E-state index in [-0.39, 0.29) is 5.91 Å². The molecule has 0 bridgehead atoms. The summed E-state index contributed by atoms with van der Waals surface area (Å²) in [6, 6.07) is 18.0. The van der Waals surface area contributed by atoms with Crippen molar-refractivity contribution in [1.82, 2.24) is 4.90 Å². The van der Waals surface area contributed by atoms with Crippen LogP contribution in [0.1, 0.15) is 38.8 Å². The van der Waals surface area contributed by atoms with Gasteiger partial charge in [-0.1, -0.05) is 56.3 Å². The largest absolute Gasteiger partial charge is 0.489 e. The lowest BCUT2D eigenvalue weighted by molar-refractivity contribution is -0.140. The van der Waals surface area contributed by atoms with E-state index in [1.54, 1.807) is 0 Å². The second-order valence-corrected chi connectivity index (χ2v) is 8.29. The summed E-state index contributed by atoms with van der Waals surface area (Å²) >= 11 is 6.03. The van der Waals surface area contributed by atoms with E-state index in [2.05, 4.69) is 13.8 Å². The smallest absolute Gasteiger partial charge is 0.229 e. The van der Waals surface area contributed by atoms with Gasteiger partial charge in [-0.2, -0.15) is 0 Å². The number of amides is 1. The first-order chi connectivity index (χ1) is 12.8. The van der Waals surface area contributed by atoms with Crippen LogP contribution in [-0.2, 0) is 17.9 Å². The van der Waals surface area contributed by atoms with E-state index in [0.717, 1.165) is 16.9 Å². The highest BCUT2D eigenvalue weighted by Gasteiger charge is 2.31. The van der Waals surface area contributed by atoms with Crippen molar-refractivity contribution in [3.05, 3.63) is 65.7 Å². The summed E-state index contributed by atoms with van der Waals surface area (Å²) in [5.41, 5.74) is 1.61. The summed E-state index contributed by atoms with van der Waals surface area (Å²) in [4.78, 5) is 14.8. The lowest BCUT2D eigenvalue weighted by Crippen LogP contribution is -2.43. The van der Waals surface area contributed by atoms with Crippen LogP contribution in [0.15, 0.2) is 54.6 Å². The van der Waals surface area contributed by atoms with Gasteiger partial charge in [0, 0.05) is 19.0 Å². The number of ether oxygens (including phenoxy) is 1. The molecule has 0 N–H and O–H groups in total. The SMILES string of the molecule is CC(C)CN(Cc1cccc(OCc2ccccc2)c1)C(=O)C(C)(C)CCl. The Labute approximate surface area is 168 Å². The normalized spacial score (nSPS) is 11.5. The number of halogens is 1. The van der Waals surface area contributed by atoms with Crippen LogP contribution in [0.5, 0.6) is 5.75 Å². The second-order valence-electron chi connectivity index (χ2n) is 8.02. The maximum Gasteiger partial charge on any atom is 0.229 e. The predicted octanol–water partition coefficient (Wildman–Crippen LogP) is 5.52. The van der Waals surface area contributed by atoms with Gasteiger partial charge in [0.25, 0.3) is 0 Å². The highest BCUT2D eigenvalue weighted by atomic mass is 35.5. The third kappa shape index (κ3) is 6.59. The van der Waals surface area contributed by atoms with Crippen LogP contribution in [0.3, 0.4) is 0 Å². The Morgan fingerprint density at radius 2 is 1.74 bits per heavy atom. The molecule has 2 aromatic rings. The molecule has 0 aromatic heterocycles. The number of hydrogen-bond acceptors (Lipinski definition) is 2. The van der Waals surface area contributed by atoms with Crippen molar-refractivity contribution in [2.45, 2.75) is 40.8 Å². The van der Waals surface area contributed by atoms with Gasteiger partial charge in [0.05, 0.1) is 5.41 Å². The molecule has 0 saturated heterocycles. The Hall–Kier alpha value is -2.00. The molecule has 0 aliphatic carbocycles. The molecule has 0 radical (unpaired) electrons. The fourth-order valence-electron chi connectivity index (χ4n) is 2.84. The Balaban J connectivity index is 2.09. The molecule has 1 amide bonds. The van der Waals surface area contributed by atoms with Crippen molar-refractivity contribution in [3.63, 3.8) is 0 Å². The van der Waals surface area contributed by atoms with E-state index in [1.165, 1.54) is 0 Å². The highest BCUT2D eigenvalue weighted by molar-refractivity contribution is 6.19. The number of nitrogens with zero attached hydrogens (tertiary/aromatic N) is 1. The highest BCUT2D eigenvalue weighted by Crippen LogP contribution is 2.24. The first-order valence-electron chi connectivity index (χ1n) is 9.43. The molecule has 0 aliphatic rings. The summed E-state index contributed by atoms with van der Waals surface area (Å²) in [6.07, 6.45) is 0. The van der Waals surface area contributed by atoms with Gasteiger partial charge in [0.1, 0.15) is 12.4 Å². The van der Waals surface area contributed by atoms with Gasteiger partial charge < -0.3 is 9.64 Å². The van der Waals surface area contributed by atoms with Gasteiger partial charge in [-0.05, 0) is 43.0 Å². The second kappa shape index (κ2) is 9.80. The Morgan fingerprint density at radius 1 is 1.07 bits per heavy atom. The topological polar surface area (TPSA) is 29.5 Å². The van der Waals surface area contributed by atoms with Crippen molar-refractivity contribution in [1.29, 1.82) is 0 Å². The Kier molecular flexibility index (Phi) is 7.73. The minimum atomic E-state index is -0.572. The van der Waals surface area contributed by atoms with E-state index in [4.69, 9.17) is 16.3 Å². The van der Waals surface area contributed by atoms with E-state index in [0.29, 0.717) is 31.5 Å². The molecule has 27 heavy (non-hydrogen) atoms. The van der Waals surface area contributed by atoms with E-state index < -0.39 is 5.41 Å². The van der Waals surface area contributed by atoms with Crippen LogP contribution in [0.25, 0.3) is 0 Å². The molecule has 0 atom stereocenters. The summed E-state index contributed by atoms with van der Waals surface area (Å²) in [5.74, 6) is 1.59. The number of carbonyl (C=O) groups is 1. The first kappa shape index (κ1) is 21.3. The van der Waals surface area contributed by atoms with E-state index >= 15 is 0 Å². The first-order valence-corrected chi connectivity index (χ1v) is 9.96. The minimum Gasteiger partial charge on any atom is -0.489 e. The molecule has 2 rings (SSSR count). The number of hydrogen-bond donors (Lipinski definition) is 0. The van der Waals surface area contributed by atoms with E-state index in [1.807, 2.05) is 73.3 Å². The van der Waals surface area contributed by atoms with Crippen LogP contribution in [0.2, 0.25) is 0 Å². The molecule has 0 aliphatic heterocycles. The third-order valence-corrected chi connectivity index (χ3v) is 4.97. The molecule has 0 heterocycles. The summed E-state index contributed by atoms with van der Waals surface area (Å²) in [6.45, 7) is 9.82. The summed E-state index contributed by atoms with van der Waals surface area (Å²) < 4.78 is 5.92. The maximum atomic E-state index is 12.9. The van der Waals surface area contributed by atoms with Crippen LogP contribution < -0.4 is 4.74 Å². The van der Waals surface area contributed by atoms with Crippen LogP contribution >= 0.6 is 11.6 Å². The summed E-state index contributed by atoms with van der Waals surface area (Å²) in [7, 11) is 0. The number of alkyl halides is 1. The third-order valence-electron chi connectivity index (χ3n) is 4.31. The maximum absolute atomic E-state index is 12.9. The molecule has 0 unspecified atom stereocenters. The van der Waals surface area contributed by atoms with Crippen molar-refractivity contribution < 1.29 is 9.53 Å². The van der Waals surface area contributed by atoms with Gasteiger partial charge >= 0.3 is 0 Å². The van der Waals surface area contributed by atoms with Gasteiger partial charge in [0.2, 0.25) is 5.91 Å². The molecular formula is C23H30ClNO2. The van der Waals surface area contributed by atoms with Crippen molar-refractivity contribution in [2.75, 3.05) is 12.4 Å². The predicted molar refractivity (Wildman–Crippen MR) is 112 cm³/mol. The van der Waals surface area contributed by atoms with Crippen molar-refractivity contribution >= 4 is 17.5 Å². The fourth-order valence-corrected chi connectivity index (χ4v) is 2.95. The molecule has 0 fully saturated rings. The van der Waals surface area contributed by atoms with Crippen molar-refractivity contribution in [3.8, 4) is 5.75 Å². The van der Waals surface area contributed by atoms with Gasteiger partial charge in [-0.3, -0.25) is 4.79 Å². The molecule has 2 aromatic carbocycles. The average molecular weight is 388 g/mol. The minimum absolute atomic E-state index is 0.0850. The monoisotopic (exact) mass is 387 g/mol. The van der Waals surface area contributed by atoms with Crippen molar-refractivity contribution in [2.24, 2.45) is 11.3 Å². The quantitative estimate of drug-likeness (QED) is 0.530. The van der Waals surface area contributed by atoms with Gasteiger partial charge in [-0.15, -0.1) is 11.6 Å². The summed E-state index contributed by atoms with van der Waals surface area (Å²) in [5, 5.41) is 0. The van der Waals surface area contributed by atoms with Crippen LogP contribution in [0.4, 0.5) is 0 Å². The zero-order chi connectivity index (χ0) is 19.9. The van der Waals surface area contributed by atoms with Crippen LogP contribution in [-0.4, -0.2) is 23.2 Å².